The Kier molecular flexibility index (Phi) is 7.19. The second-order valence-corrected chi connectivity index (χ2v) is 12.1. The minimum absolute atomic E-state index is 0.115. The third kappa shape index (κ3) is 5.38. The Balaban J connectivity index is 1.50. The zero-order valence-corrected chi connectivity index (χ0v) is 21.0. The number of sulfonamides is 1. The van der Waals surface area contributed by atoms with Gasteiger partial charge in [-0.05, 0) is 56.1 Å². The Morgan fingerprint density at radius 2 is 1.94 bits per heavy atom. The molecule has 4 N–H and O–H groups in total. The molecule has 0 bridgehead atoms. The Bertz CT molecular complexity index is 1040. The Hall–Kier alpha value is -2.20. The maximum atomic E-state index is 13.8. The van der Waals surface area contributed by atoms with E-state index in [0.29, 0.717) is 37.7 Å². The smallest absolute Gasteiger partial charge is 0.246 e. The first kappa shape index (κ1) is 24.9. The number of nitrogens with zero attached hydrogens (tertiary/aromatic N) is 2. The molecule has 1 saturated heterocycles. The number of nitrogens with two attached hydrogens (primary N) is 1. The maximum Gasteiger partial charge on any atom is 0.246 e. The predicted octanol–water partition coefficient (Wildman–Crippen LogP) is 1.86. The summed E-state index contributed by atoms with van der Waals surface area (Å²) in [6, 6.07) is 2.72. The molecular weight excluding hydrogens is 454 g/mol. The van der Waals surface area contributed by atoms with E-state index < -0.39 is 21.6 Å². The van der Waals surface area contributed by atoms with Gasteiger partial charge in [0, 0.05) is 18.8 Å². The summed E-state index contributed by atoms with van der Waals surface area (Å²) >= 11 is 0. The van der Waals surface area contributed by atoms with Crippen molar-refractivity contribution in [1.29, 1.82) is 0 Å². The van der Waals surface area contributed by atoms with Gasteiger partial charge in [0.05, 0.1) is 6.26 Å². The van der Waals surface area contributed by atoms with E-state index in [4.69, 9.17) is 5.73 Å². The molecule has 3 aliphatic rings. The molecule has 1 aliphatic heterocycles. The molecule has 1 aromatic rings. The van der Waals surface area contributed by atoms with Crippen LogP contribution in [-0.4, -0.2) is 54.5 Å². The fourth-order valence-corrected chi connectivity index (χ4v) is 6.63. The fraction of sp³-hybridized carbons (Fsp3) is 0.708. The number of aromatic nitrogens is 1. The molecule has 2 saturated carbocycles. The molecule has 2 heterocycles. The van der Waals surface area contributed by atoms with Gasteiger partial charge in [0.2, 0.25) is 21.8 Å². The largest absolute Gasteiger partial charge is 0.384 e. The van der Waals surface area contributed by atoms with E-state index in [-0.39, 0.29) is 17.7 Å². The summed E-state index contributed by atoms with van der Waals surface area (Å²) in [6.07, 6.45) is 9.36. The molecule has 2 aliphatic carbocycles. The molecule has 1 aromatic heterocycles. The molecule has 0 radical (unpaired) electrons. The van der Waals surface area contributed by atoms with Crippen molar-refractivity contribution in [3.05, 3.63) is 23.4 Å². The average Bonchev–Trinajstić information content (AvgIpc) is 3.53. The molecule has 0 aromatic carbocycles. The molecular formula is C24H37N5O4S. The fourth-order valence-electron chi connectivity index (χ4n) is 5.92. The van der Waals surface area contributed by atoms with Crippen LogP contribution in [0.2, 0.25) is 0 Å². The van der Waals surface area contributed by atoms with Crippen LogP contribution in [0.4, 0.5) is 5.82 Å². The number of aryl methyl sites for hydroxylation is 1. The van der Waals surface area contributed by atoms with Crippen molar-refractivity contribution in [3.8, 4) is 0 Å². The average molecular weight is 492 g/mol. The van der Waals surface area contributed by atoms with E-state index in [9.17, 15) is 18.0 Å². The van der Waals surface area contributed by atoms with Crippen LogP contribution in [-0.2, 0) is 26.2 Å². The highest BCUT2D eigenvalue weighted by atomic mass is 32.2. The van der Waals surface area contributed by atoms with Crippen LogP contribution in [0.3, 0.4) is 0 Å². The topological polar surface area (TPSA) is 134 Å². The van der Waals surface area contributed by atoms with Crippen molar-refractivity contribution in [2.45, 2.75) is 82.8 Å². The van der Waals surface area contributed by atoms with Crippen LogP contribution < -0.4 is 15.8 Å². The molecule has 4 rings (SSSR count). The van der Waals surface area contributed by atoms with Gasteiger partial charge in [0.1, 0.15) is 17.4 Å². The third-order valence-corrected chi connectivity index (χ3v) is 8.47. The van der Waals surface area contributed by atoms with E-state index in [1.54, 1.807) is 11.0 Å². The summed E-state index contributed by atoms with van der Waals surface area (Å²) in [5.41, 5.74) is 6.48. The van der Waals surface area contributed by atoms with Crippen LogP contribution in [0.25, 0.3) is 0 Å². The van der Waals surface area contributed by atoms with Crippen molar-refractivity contribution in [2.75, 3.05) is 18.5 Å². The number of hydrogen-bond donors (Lipinski definition) is 3. The Morgan fingerprint density at radius 3 is 2.62 bits per heavy atom. The normalized spacial score (nSPS) is 25.9. The van der Waals surface area contributed by atoms with Crippen molar-refractivity contribution in [2.24, 2.45) is 11.8 Å². The Labute approximate surface area is 202 Å². The lowest BCUT2D eigenvalue weighted by Crippen LogP contribution is -2.59. The molecule has 10 heteroatoms. The predicted molar refractivity (Wildman–Crippen MR) is 130 cm³/mol. The number of anilines is 1. The van der Waals surface area contributed by atoms with E-state index >= 15 is 0 Å². The molecule has 188 valence electrons. The number of rotatable bonds is 8. The van der Waals surface area contributed by atoms with Crippen LogP contribution in [0, 0.1) is 18.8 Å². The Morgan fingerprint density at radius 1 is 1.21 bits per heavy atom. The summed E-state index contributed by atoms with van der Waals surface area (Å²) in [6.45, 7) is 2.62. The van der Waals surface area contributed by atoms with Gasteiger partial charge in [0.25, 0.3) is 0 Å². The molecule has 0 unspecified atom stereocenters. The first-order valence-electron chi connectivity index (χ1n) is 12.4. The van der Waals surface area contributed by atoms with Crippen LogP contribution in [0.5, 0.6) is 0 Å². The quantitative estimate of drug-likeness (QED) is 0.508. The maximum absolute atomic E-state index is 13.8. The summed E-state index contributed by atoms with van der Waals surface area (Å²) < 4.78 is 26.8. The zero-order chi connectivity index (χ0) is 24.5. The SMILES string of the molecule is Cc1nc(N)ccc1CNC(=O)[C@]12C[C@H]1CCCN2C(=O)[C@@H](CC1CCCCC1)NS(C)(=O)=O. The number of amides is 2. The third-order valence-electron chi connectivity index (χ3n) is 7.75. The van der Waals surface area contributed by atoms with E-state index in [1.807, 2.05) is 13.0 Å². The van der Waals surface area contributed by atoms with Crippen molar-refractivity contribution < 1.29 is 18.0 Å². The van der Waals surface area contributed by atoms with Crippen LogP contribution in [0.15, 0.2) is 12.1 Å². The number of piperidine rings is 1. The van der Waals surface area contributed by atoms with Crippen LogP contribution >= 0.6 is 0 Å². The standard InChI is InChI=1S/C24H37N5O4S/c1-16-18(10-11-21(25)27-16)15-26-23(31)24-14-19(24)9-6-12-29(24)22(30)20(28-34(2,32)33)13-17-7-4-3-5-8-17/h10-11,17,19-20,28H,3-9,12-15H2,1-2H3,(H2,25,27)(H,26,31)/t19-,20-,24+/m1/s1. The molecule has 34 heavy (non-hydrogen) atoms. The number of pyridine rings is 1. The number of carbonyl (C=O) groups is 2. The lowest BCUT2D eigenvalue weighted by Gasteiger charge is -2.38. The van der Waals surface area contributed by atoms with Gasteiger partial charge < -0.3 is 16.0 Å². The molecule has 9 nitrogen and oxygen atoms in total. The highest BCUT2D eigenvalue weighted by molar-refractivity contribution is 7.88. The second kappa shape index (κ2) is 9.81. The molecule has 3 fully saturated rings. The molecule has 3 atom stereocenters. The monoisotopic (exact) mass is 491 g/mol. The van der Waals surface area contributed by atoms with E-state index in [2.05, 4.69) is 15.0 Å². The number of nitrogen functional groups attached to an aromatic ring is 1. The van der Waals surface area contributed by atoms with Crippen molar-refractivity contribution in [3.63, 3.8) is 0 Å². The molecule has 2 amide bonds. The summed E-state index contributed by atoms with van der Waals surface area (Å²) in [7, 11) is -3.57. The minimum Gasteiger partial charge on any atom is -0.384 e. The summed E-state index contributed by atoms with van der Waals surface area (Å²) in [5.74, 6) is 0.433. The lowest BCUT2D eigenvalue weighted by atomic mass is 9.84. The van der Waals surface area contributed by atoms with E-state index in [0.717, 1.165) is 56.0 Å². The number of hydrogen-bond acceptors (Lipinski definition) is 6. The number of fused-ring (bicyclic) bond motifs is 1. The van der Waals surface area contributed by atoms with Gasteiger partial charge in [-0.15, -0.1) is 0 Å². The van der Waals surface area contributed by atoms with Gasteiger partial charge in [-0.1, -0.05) is 38.2 Å². The first-order chi connectivity index (χ1) is 16.1. The second-order valence-electron chi connectivity index (χ2n) is 10.3. The van der Waals surface area contributed by atoms with Crippen molar-refractivity contribution >= 4 is 27.7 Å². The number of nitrogens with one attached hydrogen (secondary N) is 2. The van der Waals surface area contributed by atoms with Gasteiger partial charge in [-0.2, -0.15) is 0 Å². The summed E-state index contributed by atoms with van der Waals surface area (Å²) in [5, 5.41) is 3.01. The lowest BCUT2D eigenvalue weighted by molar-refractivity contribution is -0.146. The van der Waals surface area contributed by atoms with Crippen LogP contribution in [0.1, 0.15) is 69.0 Å². The van der Waals surface area contributed by atoms with Gasteiger partial charge in [-0.25, -0.2) is 18.1 Å². The van der Waals surface area contributed by atoms with Crippen molar-refractivity contribution in [1.82, 2.24) is 19.9 Å². The zero-order valence-electron chi connectivity index (χ0n) is 20.2. The number of likely N-dealkylation sites (tertiary alicyclic amines) is 1. The number of carbonyl (C=O) groups excluding carboxylic acids is 2. The van der Waals surface area contributed by atoms with Gasteiger partial charge in [-0.3, -0.25) is 9.59 Å². The van der Waals surface area contributed by atoms with Gasteiger partial charge in [0.15, 0.2) is 0 Å². The molecule has 0 spiro atoms. The highest BCUT2D eigenvalue weighted by Gasteiger charge is 2.66. The highest BCUT2D eigenvalue weighted by Crippen LogP contribution is 2.54. The van der Waals surface area contributed by atoms with Gasteiger partial charge >= 0.3 is 0 Å². The minimum atomic E-state index is -3.57. The summed E-state index contributed by atoms with van der Waals surface area (Å²) in [4.78, 5) is 33.1. The van der Waals surface area contributed by atoms with E-state index in [1.165, 1.54) is 6.42 Å². The first-order valence-corrected chi connectivity index (χ1v) is 14.3.